The second-order valence-corrected chi connectivity index (χ2v) is 5.82. The van der Waals surface area contributed by atoms with Crippen LogP contribution in [0.2, 0.25) is 0 Å². The van der Waals surface area contributed by atoms with E-state index >= 15 is 0 Å². The summed E-state index contributed by atoms with van der Waals surface area (Å²) in [5.74, 6) is -1.27. The van der Waals surface area contributed by atoms with Crippen molar-refractivity contribution in [1.82, 2.24) is 10.2 Å². The number of anilines is 1. The molecule has 3 rings (SSSR count). The van der Waals surface area contributed by atoms with Gasteiger partial charge in [-0.2, -0.15) is 0 Å². The molecule has 2 aliphatic heterocycles. The van der Waals surface area contributed by atoms with Crippen molar-refractivity contribution in [2.45, 2.75) is 31.8 Å². The minimum atomic E-state index is -0.671. The quantitative estimate of drug-likeness (QED) is 0.655. The van der Waals surface area contributed by atoms with E-state index < -0.39 is 11.9 Å². The number of rotatable bonds is 4. The molecule has 1 saturated heterocycles. The van der Waals surface area contributed by atoms with Gasteiger partial charge < -0.3 is 16.0 Å². The molecule has 2 heterocycles. The maximum atomic E-state index is 12.6. The third-order valence-corrected chi connectivity index (χ3v) is 4.23. The topological polar surface area (TPSA) is 122 Å². The lowest BCUT2D eigenvalue weighted by atomic mass is 10.0. The Hall–Kier alpha value is -2.45. The lowest BCUT2D eigenvalue weighted by molar-refractivity contribution is -0.137. The molecule has 4 N–H and O–H groups in total. The van der Waals surface area contributed by atoms with Gasteiger partial charge in [0.2, 0.25) is 17.7 Å². The van der Waals surface area contributed by atoms with Crippen molar-refractivity contribution < 1.29 is 19.2 Å². The highest BCUT2D eigenvalue weighted by Crippen LogP contribution is 2.32. The first-order chi connectivity index (χ1) is 11.5. The van der Waals surface area contributed by atoms with Crippen molar-refractivity contribution >= 4 is 41.7 Å². The molecule has 0 saturated carbocycles. The van der Waals surface area contributed by atoms with Gasteiger partial charge in [-0.15, -0.1) is 12.4 Å². The summed E-state index contributed by atoms with van der Waals surface area (Å²) in [6.07, 6.45) is 0.699. The Morgan fingerprint density at radius 3 is 2.76 bits per heavy atom. The number of halogens is 1. The van der Waals surface area contributed by atoms with Crippen LogP contribution in [0.15, 0.2) is 18.2 Å². The van der Waals surface area contributed by atoms with Crippen LogP contribution in [0.3, 0.4) is 0 Å². The van der Waals surface area contributed by atoms with Crippen molar-refractivity contribution in [3.05, 3.63) is 29.3 Å². The molecule has 4 amide bonds. The van der Waals surface area contributed by atoms with E-state index in [0.717, 1.165) is 0 Å². The highest BCUT2D eigenvalue weighted by molar-refractivity contribution is 6.06. The monoisotopic (exact) mass is 366 g/mol. The zero-order chi connectivity index (χ0) is 17.3. The molecule has 0 aliphatic carbocycles. The third kappa shape index (κ3) is 3.64. The van der Waals surface area contributed by atoms with Gasteiger partial charge in [0.15, 0.2) is 0 Å². The number of piperidine rings is 1. The maximum absolute atomic E-state index is 12.6. The van der Waals surface area contributed by atoms with Gasteiger partial charge in [-0.3, -0.25) is 24.5 Å². The fourth-order valence-corrected chi connectivity index (χ4v) is 3.05. The number of nitrogens with one attached hydrogen (secondary N) is 2. The van der Waals surface area contributed by atoms with Crippen LogP contribution < -0.4 is 16.4 Å². The van der Waals surface area contributed by atoms with Crippen LogP contribution in [0.4, 0.5) is 5.69 Å². The molecule has 0 bridgehead atoms. The molecule has 1 atom stereocenters. The number of nitrogens with zero attached hydrogens (tertiary/aromatic N) is 1. The van der Waals surface area contributed by atoms with E-state index in [1.54, 1.807) is 18.2 Å². The number of imide groups is 1. The second-order valence-electron chi connectivity index (χ2n) is 5.82. The molecule has 134 valence electrons. The van der Waals surface area contributed by atoms with Crippen molar-refractivity contribution in [2.75, 3.05) is 11.9 Å². The van der Waals surface area contributed by atoms with Crippen LogP contribution in [-0.4, -0.2) is 41.1 Å². The summed E-state index contributed by atoms with van der Waals surface area (Å²) in [5, 5.41) is 5.01. The van der Waals surface area contributed by atoms with Gasteiger partial charge in [-0.05, 0) is 18.6 Å². The zero-order valence-electron chi connectivity index (χ0n) is 13.4. The van der Waals surface area contributed by atoms with Gasteiger partial charge >= 0.3 is 0 Å². The fraction of sp³-hybridized carbons (Fsp3) is 0.375. The summed E-state index contributed by atoms with van der Waals surface area (Å²) in [5.41, 5.74) is 7.06. The Balaban J connectivity index is 0.00000225. The van der Waals surface area contributed by atoms with Crippen LogP contribution in [0.25, 0.3) is 0 Å². The van der Waals surface area contributed by atoms with E-state index in [0.29, 0.717) is 23.2 Å². The van der Waals surface area contributed by atoms with E-state index in [9.17, 15) is 19.2 Å². The molecule has 0 radical (unpaired) electrons. The van der Waals surface area contributed by atoms with E-state index in [4.69, 9.17) is 5.73 Å². The third-order valence-electron chi connectivity index (χ3n) is 4.23. The first kappa shape index (κ1) is 18.9. The molecule has 0 aromatic heterocycles. The standard InChI is InChI=1S/C16H18N4O4.ClH/c17-7-6-14(22)18-11-3-1-2-9-10(11)8-20(16(9)24)12-4-5-13(21)19-15(12)23;/h1-3,12H,4-8,17H2,(H,18,22)(H,19,21,23);1H. The van der Waals surface area contributed by atoms with E-state index in [2.05, 4.69) is 10.6 Å². The molecule has 1 aromatic carbocycles. The van der Waals surface area contributed by atoms with Gasteiger partial charge in [0, 0.05) is 42.7 Å². The number of nitrogens with two attached hydrogens (primary N) is 1. The van der Waals surface area contributed by atoms with Crippen LogP contribution in [0, 0.1) is 0 Å². The predicted octanol–water partition coefficient (Wildman–Crippen LogP) is 0.157. The predicted molar refractivity (Wildman–Crippen MR) is 92.0 cm³/mol. The van der Waals surface area contributed by atoms with E-state index in [1.807, 2.05) is 0 Å². The van der Waals surface area contributed by atoms with E-state index in [1.165, 1.54) is 4.90 Å². The summed E-state index contributed by atoms with van der Waals surface area (Å²) < 4.78 is 0. The van der Waals surface area contributed by atoms with Crippen LogP contribution >= 0.6 is 12.4 Å². The Labute approximate surface area is 150 Å². The second kappa shape index (κ2) is 7.62. The SMILES string of the molecule is Cl.NCCC(=O)Nc1cccc2c1CN(C1CCC(=O)NC1=O)C2=O. The smallest absolute Gasteiger partial charge is 0.255 e. The Kier molecular flexibility index (Phi) is 5.76. The molecule has 9 heteroatoms. The number of amides is 4. The van der Waals surface area contributed by atoms with Gasteiger partial charge in [0.05, 0.1) is 0 Å². The molecule has 1 unspecified atom stereocenters. The number of carbonyl (C=O) groups excluding carboxylic acids is 4. The number of carbonyl (C=O) groups is 4. The largest absolute Gasteiger partial charge is 0.330 e. The lowest BCUT2D eigenvalue weighted by Gasteiger charge is -2.29. The zero-order valence-corrected chi connectivity index (χ0v) is 14.2. The first-order valence-electron chi connectivity index (χ1n) is 7.77. The highest BCUT2D eigenvalue weighted by Gasteiger charge is 2.39. The van der Waals surface area contributed by atoms with Crippen molar-refractivity contribution in [2.24, 2.45) is 5.73 Å². The van der Waals surface area contributed by atoms with Crippen molar-refractivity contribution in [3.8, 4) is 0 Å². The minimum Gasteiger partial charge on any atom is -0.330 e. The Morgan fingerprint density at radius 1 is 1.32 bits per heavy atom. The summed E-state index contributed by atoms with van der Waals surface area (Å²) in [7, 11) is 0. The number of fused-ring (bicyclic) bond motifs is 1. The van der Waals surface area contributed by atoms with Crippen LogP contribution in [-0.2, 0) is 20.9 Å². The molecular weight excluding hydrogens is 348 g/mol. The van der Waals surface area contributed by atoms with Gasteiger partial charge in [0.25, 0.3) is 5.91 Å². The molecule has 1 fully saturated rings. The lowest BCUT2D eigenvalue weighted by Crippen LogP contribution is -2.52. The van der Waals surface area contributed by atoms with E-state index in [-0.39, 0.29) is 56.1 Å². The normalized spacial score (nSPS) is 19.2. The van der Waals surface area contributed by atoms with Gasteiger partial charge in [-0.25, -0.2) is 0 Å². The molecule has 25 heavy (non-hydrogen) atoms. The fourth-order valence-electron chi connectivity index (χ4n) is 3.05. The van der Waals surface area contributed by atoms with Crippen LogP contribution in [0.1, 0.15) is 35.2 Å². The van der Waals surface area contributed by atoms with Gasteiger partial charge in [0.1, 0.15) is 6.04 Å². The van der Waals surface area contributed by atoms with Crippen molar-refractivity contribution in [1.29, 1.82) is 0 Å². The maximum Gasteiger partial charge on any atom is 0.255 e. The summed E-state index contributed by atoms with van der Waals surface area (Å²) >= 11 is 0. The number of hydrogen-bond acceptors (Lipinski definition) is 5. The summed E-state index contributed by atoms with van der Waals surface area (Å²) in [4.78, 5) is 49.1. The minimum absolute atomic E-state index is 0. The molecule has 8 nitrogen and oxygen atoms in total. The van der Waals surface area contributed by atoms with Crippen LogP contribution in [0.5, 0.6) is 0 Å². The Morgan fingerprint density at radius 2 is 2.08 bits per heavy atom. The Bertz CT molecular complexity index is 737. The average Bonchev–Trinajstić information content (AvgIpc) is 2.86. The molecule has 2 aliphatic rings. The van der Waals surface area contributed by atoms with Gasteiger partial charge in [-0.1, -0.05) is 6.07 Å². The number of benzene rings is 1. The number of hydrogen-bond donors (Lipinski definition) is 3. The summed E-state index contributed by atoms with van der Waals surface area (Å²) in [6.45, 7) is 0.460. The van der Waals surface area contributed by atoms with Crippen molar-refractivity contribution in [3.63, 3.8) is 0 Å². The highest BCUT2D eigenvalue weighted by atomic mass is 35.5. The summed E-state index contributed by atoms with van der Waals surface area (Å²) in [6, 6.07) is 4.40. The molecule has 1 aromatic rings. The molecule has 0 spiro atoms. The average molecular weight is 367 g/mol. The first-order valence-corrected chi connectivity index (χ1v) is 7.77. The molecular formula is C16H19ClN4O4.